The Labute approximate surface area is 119 Å². The summed E-state index contributed by atoms with van der Waals surface area (Å²) in [6.45, 7) is 5.19. The van der Waals surface area contributed by atoms with Gasteiger partial charge in [0.25, 0.3) is 0 Å². The number of aryl methyl sites for hydroxylation is 1. The maximum Gasteiger partial charge on any atom is 0.134 e. The van der Waals surface area contributed by atoms with Crippen molar-refractivity contribution in [2.75, 3.05) is 6.54 Å². The van der Waals surface area contributed by atoms with E-state index in [1.54, 1.807) is 12.1 Å². The van der Waals surface area contributed by atoms with Crippen molar-refractivity contribution in [2.24, 2.45) is 5.92 Å². The van der Waals surface area contributed by atoms with Crippen LogP contribution < -0.4 is 5.32 Å². The van der Waals surface area contributed by atoms with Gasteiger partial charge in [-0.3, -0.25) is 0 Å². The standard InChI is InChI=1S/C17H22FNO/c1-3-8-19-15(9-12-4-5-12)17-11(2)14-10-13(18)6-7-16(14)20-17/h6-7,10,12,15,19H,3-5,8-9H2,1-2H3. The number of hydrogen-bond acceptors (Lipinski definition) is 2. The van der Waals surface area contributed by atoms with E-state index in [-0.39, 0.29) is 11.9 Å². The van der Waals surface area contributed by atoms with Crippen LogP contribution in [0.25, 0.3) is 11.0 Å². The van der Waals surface area contributed by atoms with Crippen LogP contribution in [0, 0.1) is 18.7 Å². The lowest BCUT2D eigenvalue weighted by Crippen LogP contribution is -2.22. The Morgan fingerprint density at radius 2 is 2.20 bits per heavy atom. The van der Waals surface area contributed by atoms with Gasteiger partial charge in [0.1, 0.15) is 17.2 Å². The van der Waals surface area contributed by atoms with Crippen LogP contribution in [0.1, 0.15) is 50.0 Å². The van der Waals surface area contributed by atoms with Gasteiger partial charge in [-0.05, 0) is 50.4 Å². The molecule has 1 unspecified atom stereocenters. The van der Waals surface area contributed by atoms with E-state index in [1.807, 2.05) is 6.92 Å². The van der Waals surface area contributed by atoms with Crippen molar-refractivity contribution in [1.29, 1.82) is 0 Å². The van der Waals surface area contributed by atoms with E-state index >= 15 is 0 Å². The Balaban J connectivity index is 1.93. The number of hydrogen-bond donors (Lipinski definition) is 1. The molecule has 1 aromatic carbocycles. The predicted molar refractivity (Wildman–Crippen MR) is 79.3 cm³/mol. The lowest BCUT2D eigenvalue weighted by atomic mass is 10.0. The minimum Gasteiger partial charge on any atom is -0.459 e. The Hall–Kier alpha value is -1.35. The van der Waals surface area contributed by atoms with Crippen molar-refractivity contribution in [3.63, 3.8) is 0 Å². The fraction of sp³-hybridized carbons (Fsp3) is 0.529. The fourth-order valence-electron chi connectivity index (χ4n) is 2.83. The fourth-order valence-corrected chi connectivity index (χ4v) is 2.83. The number of rotatable bonds is 6. The topological polar surface area (TPSA) is 25.2 Å². The van der Waals surface area contributed by atoms with Crippen LogP contribution in [-0.2, 0) is 0 Å². The van der Waals surface area contributed by atoms with Gasteiger partial charge in [0.2, 0.25) is 0 Å². The van der Waals surface area contributed by atoms with Crippen molar-refractivity contribution in [2.45, 2.75) is 45.6 Å². The molecule has 0 saturated heterocycles. The molecule has 0 bridgehead atoms. The zero-order valence-corrected chi connectivity index (χ0v) is 12.2. The van der Waals surface area contributed by atoms with Crippen LogP contribution in [0.5, 0.6) is 0 Å². The summed E-state index contributed by atoms with van der Waals surface area (Å²) in [5, 5.41) is 4.49. The third-order valence-corrected chi connectivity index (χ3v) is 4.16. The molecule has 0 aliphatic heterocycles. The largest absolute Gasteiger partial charge is 0.459 e. The lowest BCUT2D eigenvalue weighted by Gasteiger charge is -2.17. The summed E-state index contributed by atoms with van der Waals surface area (Å²) < 4.78 is 19.4. The van der Waals surface area contributed by atoms with Crippen molar-refractivity contribution in [1.82, 2.24) is 5.32 Å². The summed E-state index contributed by atoms with van der Waals surface area (Å²) in [5.74, 6) is 1.62. The predicted octanol–water partition coefficient (Wildman–Crippen LogP) is 4.72. The maximum atomic E-state index is 13.4. The van der Waals surface area contributed by atoms with Crippen LogP contribution in [0.2, 0.25) is 0 Å². The molecule has 3 rings (SSSR count). The van der Waals surface area contributed by atoms with E-state index in [2.05, 4.69) is 12.2 Å². The molecule has 1 heterocycles. The molecule has 1 saturated carbocycles. The molecular formula is C17H22FNO. The zero-order valence-electron chi connectivity index (χ0n) is 12.2. The van der Waals surface area contributed by atoms with E-state index in [0.717, 1.165) is 47.6 Å². The average molecular weight is 275 g/mol. The highest BCUT2D eigenvalue weighted by Crippen LogP contribution is 2.40. The normalized spacial score (nSPS) is 16.8. The molecule has 20 heavy (non-hydrogen) atoms. The molecule has 0 radical (unpaired) electrons. The zero-order chi connectivity index (χ0) is 14.1. The molecule has 1 fully saturated rings. The molecule has 0 spiro atoms. The maximum absolute atomic E-state index is 13.4. The minimum absolute atomic E-state index is 0.201. The summed E-state index contributed by atoms with van der Waals surface area (Å²) in [6.07, 6.45) is 4.90. The van der Waals surface area contributed by atoms with E-state index in [9.17, 15) is 4.39 Å². The smallest absolute Gasteiger partial charge is 0.134 e. The van der Waals surface area contributed by atoms with Crippen molar-refractivity contribution in [3.05, 3.63) is 35.3 Å². The second kappa shape index (κ2) is 5.57. The number of furan rings is 1. The minimum atomic E-state index is -0.201. The summed E-state index contributed by atoms with van der Waals surface area (Å²) in [4.78, 5) is 0. The van der Waals surface area contributed by atoms with Crippen LogP contribution in [-0.4, -0.2) is 6.54 Å². The summed E-state index contributed by atoms with van der Waals surface area (Å²) >= 11 is 0. The van der Waals surface area contributed by atoms with Crippen LogP contribution in [0.3, 0.4) is 0 Å². The van der Waals surface area contributed by atoms with Crippen LogP contribution in [0.15, 0.2) is 22.6 Å². The first-order chi connectivity index (χ1) is 9.69. The second-order valence-electron chi connectivity index (χ2n) is 5.92. The molecule has 3 heteroatoms. The SMILES string of the molecule is CCCNC(CC1CC1)c1oc2ccc(F)cc2c1C. The van der Waals surface area contributed by atoms with Crippen molar-refractivity contribution < 1.29 is 8.81 Å². The summed E-state index contributed by atoms with van der Waals surface area (Å²) in [6, 6.07) is 5.03. The van der Waals surface area contributed by atoms with Gasteiger partial charge >= 0.3 is 0 Å². The third kappa shape index (κ3) is 2.73. The van der Waals surface area contributed by atoms with E-state index in [4.69, 9.17) is 4.42 Å². The molecule has 1 atom stereocenters. The molecule has 1 N–H and O–H groups in total. The van der Waals surface area contributed by atoms with Gasteiger partial charge in [-0.2, -0.15) is 0 Å². The summed E-state index contributed by atoms with van der Waals surface area (Å²) in [7, 11) is 0. The van der Waals surface area contributed by atoms with Gasteiger partial charge in [0.05, 0.1) is 6.04 Å². The quantitative estimate of drug-likeness (QED) is 0.825. The highest BCUT2D eigenvalue weighted by molar-refractivity contribution is 5.82. The van der Waals surface area contributed by atoms with Gasteiger partial charge in [0.15, 0.2) is 0 Å². The molecule has 2 nitrogen and oxygen atoms in total. The van der Waals surface area contributed by atoms with Crippen LogP contribution in [0.4, 0.5) is 4.39 Å². The van der Waals surface area contributed by atoms with Gasteiger partial charge in [-0.25, -0.2) is 4.39 Å². The second-order valence-corrected chi connectivity index (χ2v) is 5.92. The lowest BCUT2D eigenvalue weighted by molar-refractivity contribution is 0.393. The molecule has 108 valence electrons. The van der Waals surface area contributed by atoms with Gasteiger partial charge in [0, 0.05) is 10.9 Å². The molecular weight excluding hydrogens is 253 g/mol. The average Bonchev–Trinajstić information content (AvgIpc) is 3.20. The van der Waals surface area contributed by atoms with Gasteiger partial charge in [-0.15, -0.1) is 0 Å². The first-order valence-corrected chi connectivity index (χ1v) is 7.61. The summed E-state index contributed by atoms with van der Waals surface area (Å²) in [5.41, 5.74) is 1.87. The Morgan fingerprint density at radius 3 is 2.90 bits per heavy atom. The Bertz CT molecular complexity index is 600. The number of fused-ring (bicyclic) bond motifs is 1. The van der Waals surface area contributed by atoms with Crippen molar-refractivity contribution in [3.8, 4) is 0 Å². The first kappa shape index (κ1) is 13.6. The van der Waals surface area contributed by atoms with Gasteiger partial charge < -0.3 is 9.73 Å². The monoisotopic (exact) mass is 275 g/mol. The highest BCUT2D eigenvalue weighted by Gasteiger charge is 2.29. The third-order valence-electron chi connectivity index (χ3n) is 4.16. The Kier molecular flexibility index (Phi) is 3.79. The molecule has 0 amide bonds. The van der Waals surface area contributed by atoms with E-state index in [1.165, 1.54) is 18.9 Å². The number of halogens is 1. The van der Waals surface area contributed by atoms with E-state index in [0.29, 0.717) is 0 Å². The first-order valence-electron chi connectivity index (χ1n) is 7.61. The molecule has 1 aliphatic rings. The molecule has 2 aromatic rings. The van der Waals surface area contributed by atoms with Crippen molar-refractivity contribution >= 4 is 11.0 Å². The van der Waals surface area contributed by atoms with Gasteiger partial charge in [-0.1, -0.05) is 19.8 Å². The Morgan fingerprint density at radius 1 is 1.40 bits per heavy atom. The highest BCUT2D eigenvalue weighted by atomic mass is 19.1. The van der Waals surface area contributed by atoms with Crippen LogP contribution >= 0.6 is 0 Å². The number of nitrogens with one attached hydrogen (secondary N) is 1. The number of benzene rings is 1. The molecule has 1 aromatic heterocycles. The molecule has 1 aliphatic carbocycles. The van der Waals surface area contributed by atoms with E-state index < -0.39 is 0 Å².